The second-order valence-electron chi connectivity index (χ2n) is 4.67. The van der Waals surface area contributed by atoms with Gasteiger partial charge in [-0.05, 0) is 37.6 Å². The maximum Gasteiger partial charge on any atom is 0.355 e. The summed E-state index contributed by atoms with van der Waals surface area (Å²) in [6, 6.07) is 11.4. The lowest BCUT2D eigenvalue weighted by molar-refractivity contribution is 0.0439. The third kappa shape index (κ3) is 3.20. The Balaban J connectivity index is 1.81. The second-order valence-corrected chi connectivity index (χ2v) is 4.67. The first-order valence-corrected chi connectivity index (χ1v) is 6.57. The van der Waals surface area contributed by atoms with Crippen molar-refractivity contribution in [2.24, 2.45) is 7.05 Å². The number of esters is 1. The van der Waals surface area contributed by atoms with Gasteiger partial charge in [-0.1, -0.05) is 18.2 Å². The van der Waals surface area contributed by atoms with Crippen molar-refractivity contribution in [3.8, 4) is 5.75 Å². The van der Waals surface area contributed by atoms with E-state index in [0.717, 1.165) is 17.0 Å². The average molecular weight is 273 g/mol. The van der Waals surface area contributed by atoms with Gasteiger partial charge in [0.15, 0.2) is 0 Å². The molecular weight excluding hydrogens is 254 g/mol. The van der Waals surface area contributed by atoms with Crippen LogP contribution in [0.15, 0.2) is 36.4 Å². The third-order valence-corrected chi connectivity index (χ3v) is 3.25. The Labute approximate surface area is 118 Å². The summed E-state index contributed by atoms with van der Waals surface area (Å²) >= 11 is 0. The van der Waals surface area contributed by atoms with Gasteiger partial charge in [0.1, 0.15) is 24.7 Å². The Morgan fingerprint density at radius 3 is 2.50 bits per heavy atom. The van der Waals surface area contributed by atoms with Crippen LogP contribution in [0.25, 0.3) is 0 Å². The van der Waals surface area contributed by atoms with Gasteiger partial charge >= 0.3 is 5.97 Å². The molecule has 0 N–H and O–H groups in total. The SMILES string of the molecule is Cc1ccccc1OCCOC(=O)c1ccc(C)n1C. The molecule has 1 aromatic heterocycles. The molecule has 1 aromatic carbocycles. The molecule has 20 heavy (non-hydrogen) atoms. The van der Waals surface area contributed by atoms with Gasteiger partial charge in [0, 0.05) is 12.7 Å². The third-order valence-electron chi connectivity index (χ3n) is 3.25. The zero-order chi connectivity index (χ0) is 14.5. The van der Waals surface area contributed by atoms with Crippen LogP contribution in [0, 0.1) is 13.8 Å². The number of nitrogens with zero attached hydrogens (tertiary/aromatic N) is 1. The van der Waals surface area contributed by atoms with Gasteiger partial charge in [-0.15, -0.1) is 0 Å². The van der Waals surface area contributed by atoms with Crippen molar-refractivity contribution in [1.29, 1.82) is 0 Å². The number of aryl methyl sites for hydroxylation is 2. The van der Waals surface area contributed by atoms with Crippen LogP contribution >= 0.6 is 0 Å². The number of benzene rings is 1. The minimum Gasteiger partial charge on any atom is -0.490 e. The fraction of sp³-hybridized carbons (Fsp3) is 0.312. The van der Waals surface area contributed by atoms with E-state index in [-0.39, 0.29) is 12.6 Å². The summed E-state index contributed by atoms with van der Waals surface area (Å²) in [7, 11) is 1.84. The van der Waals surface area contributed by atoms with Crippen LogP contribution in [0.2, 0.25) is 0 Å². The summed E-state index contributed by atoms with van der Waals surface area (Å²) in [4.78, 5) is 11.9. The summed E-state index contributed by atoms with van der Waals surface area (Å²) in [5.74, 6) is 0.493. The summed E-state index contributed by atoms with van der Waals surface area (Å²) < 4.78 is 12.6. The van der Waals surface area contributed by atoms with Crippen LogP contribution in [0.3, 0.4) is 0 Å². The Morgan fingerprint density at radius 2 is 1.85 bits per heavy atom. The highest BCUT2D eigenvalue weighted by molar-refractivity contribution is 5.87. The molecule has 0 saturated carbocycles. The molecule has 2 rings (SSSR count). The van der Waals surface area contributed by atoms with Crippen LogP contribution in [-0.4, -0.2) is 23.8 Å². The van der Waals surface area contributed by atoms with Crippen molar-refractivity contribution in [1.82, 2.24) is 4.57 Å². The quantitative estimate of drug-likeness (QED) is 0.621. The number of ether oxygens (including phenoxy) is 2. The van der Waals surface area contributed by atoms with Gasteiger partial charge < -0.3 is 14.0 Å². The van der Waals surface area contributed by atoms with Crippen molar-refractivity contribution >= 4 is 5.97 Å². The molecule has 0 bridgehead atoms. The number of para-hydroxylation sites is 1. The van der Waals surface area contributed by atoms with Crippen molar-refractivity contribution in [3.05, 3.63) is 53.3 Å². The van der Waals surface area contributed by atoms with Crippen LogP contribution in [0.4, 0.5) is 0 Å². The van der Waals surface area contributed by atoms with Gasteiger partial charge in [-0.2, -0.15) is 0 Å². The predicted octanol–water partition coefficient (Wildman–Crippen LogP) is 2.88. The molecular formula is C16H19NO3. The first-order valence-electron chi connectivity index (χ1n) is 6.57. The number of hydrogen-bond donors (Lipinski definition) is 0. The lowest BCUT2D eigenvalue weighted by atomic mass is 10.2. The number of aromatic nitrogens is 1. The highest BCUT2D eigenvalue weighted by Gasteiger charge is 2.12. The summed E-state index contributed by atoms with van der Waals surface area (Å²) in [6.07, 6.45) is 0. The molecule has 0 fully saturated rings. The van der Waals surface area contributed by atoms with Crippen LogP contribution < -0.4 is 4.74 Å². The highest BCUT2D eigenvalue weighted by atomic mass is 16.6. The van der Waals surface area contributed by atoms with E-state index in [0.29, 0.717) is 12.3 Å². The highest BCUT2D eigenvalue weighted by Crippen LogP contribution is 2.15. The Kier molecular flexibility index (Phi) is 4.45. The minimum atomic E-state index is -0.325. The van der Waals surface area contributed by atoms with Crippen molar-refractivity contribution in [2.75, 3.05) is 13.2 Å². The molecule has 0 aliphatic rings. The zero-order valence-electron chi connectivity index (χ0n) is 12.1. The number of carbonyl (C=O) groups excluding carboxylic acids is 1. The molecule has 4 nitrogen and oxygen atoms in total. The lowest BCUT2D eigenvalue weighted by Crippen LogP contribution is -2.15. The van der Waals surface area contributed by atoms with Gasteiger partial charge in [-0.25, -0.2) is 4.79 Å². The van der Waals surface area contributed by atoms with E-state index in [1.807, 2.05) is 55.8 Å². The van der Waals surface area contributed by atoms with Gasteiger partial charge in [0.2, 0.25) is 0 Å². The molecule has 106 valence electrons. The number of carbonyl (C=O) groups is 1. The van der Waals surface area contributed by atoms with E-state index in [4.69, 9.17) is 9.47 Å². The average Bonchev–Trinajstić information content (AvgIpc) is 2.77. The van der Waals surface area contributed by atoms with E-state index in [2.05, 4.69) is 0 Å². The van der Waals surface area contributed by atoms with Crippen LogP contribution in [0.1, 0.15) is 21.7 Å². The van der Waals surface area contributed by atoms with E-state index in [1.54, 1.807) is 6.07 Å². The molecule has 0 amide bonds. The number of rotatable bonds is 5. The normalized spacial score (nSPS) is 10.3. The topological polar surface area (TPSA) is 40.5 Å². The van der Waals surface area contributed by atoms with Gasteiger partial charge in [0.25, 0.3) is 0 Å². The minimum absolute atomic E-state index is 0.234. The lowest BCUT2D eigenvalue weighted by Gasteiger charge is -2.10. The smallest absolute Gasteiger partial charge is 0.355 e. The molecule has 1 heterocycles. The fourth-order valence-electron chi connectivity index (χ4n) is 1.90. The Hall–Kier alpha value is -2.23. The summed E-state index contributed by atoms with van der Waals surface area (Å²) in [5.41, 5.74) is 2.64. The van der Waals surface area contributed by atoms with Gasteiger partial charge in [-0.3, -0.25) is 0 Å². The summed E-state index contributed by atoms with van der Waals surface area (Å²) in [5, 5.41) is 0. The van der Waals surface area contributed by atoms with E-state index in [9.17, 15) is 4.79 Å². The largest absolute Gasteiger partial charge is 0.490 e. The maximum absolute atomic E-state index is 11.9. The first kappa shape index (κ1) is 14.2. The molecule has 4 heteroatoms. The molecule has 0 unspecified atom stereocenters. The zero-order valence-corrected chi connectivity index (χ0v) is 12.1. The molecule has 2 aromatic rings. The van der Waals surface area contributed by atoms with Crippen LogP contribution in [0.5, 0.6) is 5.75 Å². The van der Waals surface area contributed by atoms with E-state index < -0.39 is 0 Å². The van der Waals surface area contributed by atoms with Crippen molar-refractivity contribution in [2.45, 2.75) is 13.8 Å². The standard InChI is InChI=1S/C16H19NO3/c1-12-6-4-5-7-15(12)19-10-11-20-16(18)14-9-8-13(2)17(14)3/h4-9H,10-11H2,1-3H3. The maximum atomic E-state index is 11.9. The Morgan fingerprint density at radius 1 is 1.10 bits per heavy atom. The fourth-order valence-corrected chi connectivity index (χ4v) is 1.90. The van der Waals surface area contributed by atoms with Gasteiger partial charge in [0.05, 0.1) is 0 Å². The molecule has 0 spiro atoms. The Bertz CT molecular complexity index is 602. The molecule has 0 aliphatic carbocycles. The monoisotopic (exact) mass is 273 g/mol. The summed E-state index contributed by atoms with van der Waals surface area (Å²) in [6.45, 7) is 4.50. The molecule has 0 radical (unpaired) electrons. The van der Waals surface area contributed by atoms with E-state index in [1.165, 1.54) is 0 Å². The molecule has 0 atom stereocenters. The number of hydrogen-bond acceptors (Lipinski definition) is 3. The predicted molar refractivity (Wildman–Crippen MR) is 77.1 cm³/mol. The van der Waals surface area contributed by atoms with Crippen molar-refractivity contribution < 1.29 is 14.3 Å². The van der Waals surface area contributed by atoms with Crippen LogP contribution in [-0.2, 0) is 11.8 Å². The molecule has 0 saturated heterocycles. The van der Waals surface area contributed by atoms with Crippen molar-refractivity contribution in [3.63, 3.8) is 0 Å². The van der Waals surface area contributed by atoms with E-state index >= 15 is 0 Å². The molecule has 0 aliphatic heterocycles. The second kappa shape index (κ2) is 6.28. The first-order chi connectivity index (χ1) is 9.59.